The van der Waals surface area contributed by atoms with Crippen molar-refractivity contribution in [3.8, 4) is 0 Å². The van der Waals surface area contributed by atoms with Crippen LogP contribution in [-0.4, -0.2) is 23.8 Å². The largest absolute Gasteiger partial charge is 0.300 e. The standard InChI is InChI=1S/C17H25NO/c1-14-3-6-17(7-4-14)13-18-11-9-16(10-12-18)8-5-15(2)19/h3-4,6-7,16H,5,8-13H2,1-2H3. The lowest BCUT2D eigenvalue weighted by Gasteiger charge is -2.31. The molecule has 2 heteroatoms. The number of ketones is 1. The zero-order chi connectivity index (χ0) is 13.7. The molecule has 0 saturated carbocycles. The summed E-state index contributed by atoms with van der Waals surface area (Å²) < 4.78 is 0. The minimum atomic E-state index is 0.335. The Morgan fingerprint density at radius 1 is 1.21 bits per heavy atom. The molecule has 2 rings (SSSR count). The molecule has 1 heterocycles. The molecule has 0 bridgehead atoms. The summed E-state index contributed by atoms with van der Waals surface area (Å²) in [7, 11) is 0. The van der Waals surface area contributed by atoms with E-state index in [9.17, 15) is 4.79 Å². The molecule has 0 radical (unpaired) electrons. The summed E-state index contributed by atoms with van der Waals surface area (Å²) in [5.74, 6) is 1.10. The van der Waals surface area contributed by atoms with Gasteiger partial charge in [-0.05, 0) is 57.7 Å². The molecule has 104 valence electrons. The lowest BCUT2D eigenvalue weighted by atomic mass is 9.91. The molecule has 1 aromatic carbocycles. The van der Waals surface area contributed by atoms with Crippen molar-refractivity contribution in [3.05, 3.63) is 35.4 Å². The minimum absolute atomic E-state index is 0.335. The summed E-state index contributed by atoms with van der Waals surface area (Å²) in [6, 6.07) is 8.85. The van der Waals surface area contributed by atoms with Crippen LogP contribution in [0.1, 0.15) is 43.7 Å². The molecule has 0 unspecified atom stereocenters. The molecular weight excluding hydrogens is 234 g/mol. The Kier molecular flexibility index (Phi) is 5.15. The van der Waals surface area contributed by atoms with Gasteiger partial charge in [0.1, 0.15) is 5.78 Å². The van der Waals surface area contributed by atoms with Gasteiger partial charge in [0.2, 0.25) is 0 Å². The van der Waals surface area contributed by atoms with Crippen LogP contribution in [0.25, 0.3) is 0 Å². The van der Waals surface area contributed by atoms with E-state index in [2.05, 4.69) is 36.1 Å². The predicted octanol–water partition coefficient (Wildman–Crippen LogP) is 3.58. The van der Waals surface area contributed by atoms with Crippen LogP contribution in [0.3, 0.4) is 0 Å². The van der Waals surface area contributed by atoms with Crippen LogP contribution in [0.2, 0.25) is 0 Å². The van der Waals surface area contributed by atoms with Gasteiger partial charge in [-0.15, -0.1) is 0 Å². The number of carbonyl (C=O) groups excluding carboxylic acids is 1. The smallest absolute Gasteiger partial charge is 0.129 e. The SMILES string of the molecule is CC(=O)CCC1CCN(Cc2ccc(C)cc2)CC1. The monoisotopic (exact) mass is 259 g/mol. The second kappa shape index (κ2) is 6.85. The molecule has 1 saturated heterocycles. The maximum absolute atomic E-state index is 11.0. The second-order valence-electron chi connectivity index (χ2n) is 5.95. The first kappa shape index (κ1) is 14.3. The molecule has 2 nitrogen and oxygen atoms in total. The Bertz CT molecular complexity index is 402. The summed E-state index contributed by atoms with van der Waals surface area (Å²) in [5, 5.41) is 0. The average Bonchev–Trinajstić information content (AvgIpc) is 2.40. The van der Waals surface area contributed by atoms with E-state index >= 15 is 0 Å². The van der Waals surface area contributed by atoms with E-state index in [0.717, 1.165) is 25.3 Å². The number of hydrogen-bond donors (Lipinski definition) is 0. The average molecular weight is 259 g/mol. The lowest BCUT2D eigenvalue weighted by Crippen LogP contribution is -2.33. The second-order valence-corrected chi connectivity index (χ2v) is 5.95. The molecule has 1 fully saturated rings. The van der Waals surface area contributed by atoms with Gasteiger partial charge >= 0.3 is 0 Å². The third-order valence-corrected chi connectivity index (χ3v) is 4.14. The van der Waals surface area contributed by atoms with Crippen molar-refractivity contribution >= 4 is 5.78 Å². The van der Waals surface area contributed by atoms with Crippen LogP contribution < -0.4 is 0 Å². The van der Waals surface area contributed by atoms with Gasteiger partial charge in [-0.1, -0.05) is 29.8 Å². The maximum atomic E-state index is 11.0. The number of benzene rings is 1. The summed E-state index contributed by atoms with van der Waals surface area (Å²) in [4.78, 5) is 13.5. The first-order chi connectivity index (χ1) is 9.13. The molecule has 19 heavy (non-hydrogen) atoms. The predicted molar refractivity (Wildman–Crippen MR) is 79.1 cm³/mol. The number of aryl methyl sites for hydroxylation is 1. The number of hydrogen-bond acceptors (Lipinski definition) is 2. The topological polar surface area (TPSA) is 20.3 Å². The normalized spacial score (nSPS) is 17.6. The summed E-state index contributed by atoms with van der Waals surface area (Å²) >= 11 is 0. The van der Waals surface area contributed by atoms with Crippen LogP contribution >= 0.6 is 0 Å². The molecule has 1 aliphatic rings. The summed E-state index contributed by atoms with van der Waals surface area (Å²) in [6.45, 7) is 7.25. The minimum Gasteiger partial charge on any atom is -0.300 e. The highest BCUT2D eigenvalue weighted by atomic mass is 16.1. The Hall–Kier alpha value is -1.15. The molecule has 1 aromatic rings. The van der Waals surface area contributed by atoms with Gasteiger partial charge in [0, 0.05) is 13.0 Å². The van der Waals surface area contributed by atoms with Gasteiger partial charge in [-0.2, -0.15) is 0 Å². The Morgan fingerprint density at radius 2 is 1.84 bits per heavy atom. The molecule has 0 aliphatic carbocycles. The zero-order valence-electron chi connectivity index (χ0n) is 12.2. The van der Waals surface area contributed by atoms with Crippen LogP contribution in [0.5, 0.6) is 0 Å². The molecule has 0 atom stereocenters. The van der Waals surface area contributed by atoms with Crippen molar-refractivity contribution in [3.63, 3.8) is 0 Å². The molecule has 0 spiro atoms. The van der Waals surface area contributed by atoms with Crippen molar-refractivity contribution < 1.29 is 4.79 Å². The third kappa shape index (κ3) is 4.79. The third-order valence-electron chi connectivity index (χ3n) is 4.14. The van der Waals surface area contributed by atoms with E-state index in [1.54, 1.807) is 6.92 Å². The van der Waals surface area contributed by atoms with Gasteiger partial charge in [-0.3, -0.25) is 4.90 Å². The van der Waals surface area contributed by atoms with Crippen molar-refractivity contribution in [2.45, 2.75) is 46.1 Å². The fourth-order valence-electron chi connectivity index (χ4n) is 2.79. The molecular formula is C17H25NO. The van der Waals surface area contributed by atoms with E-state index in [1.807, 2.05) is 0 Å². The van der Waals surface area contributed by atoms with E-state index in [0.29, 0.717) is 5.78 Å². The number of Topliss-reactive ketones (excluding diaryl/α,β-unsaturated/α-hetero) is 1. The van der Waals surface area contributed by atoms with E-state index in [1.165, 1.54) is 37.1 Å². The quantitative estimate of drug-likeness (QED) is 0.805. The van der Waals surface area contributed by atoms with Gasteiger partial charge < -0.3 is 4.79 Å². The highest BCUT2D eigenvalue weighted by molar-refractivity contribution is 5.75. The first-order valence-electron chi connectivity index (χ1n) is 7.41. The highest BCUT2D eigenvalue weighted by Crippen LogP contribution is 2.23. The number of likely N-dealkylation sites (tertiary alicyclic amines) is 1. The maximum Gasteiger partial charge on any atom is 0.129 e. The van der Waals surface area contributed by atoms with Gasteiger partial charge in [0.15, 0.2) is 0 Å². The van der Waals surface area contributed by atoms with Crippen molar-refractivity contribution in [2.75, 3.05) is 13.1 Å². The van der Waals surface area contributed by atoms with Crippen molar-refractivity contribution in [1.82, 2.24) is 4.90 Å². The van der Waals surface area contributed by atoms with E-state index < -0.39 is 0 Å². The molecule has 0 amide bonds. The van der Waals surface area contributed by atoms with Crippen LogP contribution in [-0.2, 0) is 11.3 Å². The fraction of sp³-hybridized carbons (Fsp3) is 0.588. The fourth-order valence-corrected chi connectivity index (χ4v) is 2.79. The van der Waals surface area contributed by atoms with Crippen LogP contribution in [0, 0.1) is 12.8 Å². The molecule has 1 aliphatic heterocycles. The summed E-state index contributed by atoms with van der Waals surface area (Å²) in [5.41, 5.74) is 2.74. The number of carbonyl (C=O) groups is 1. The van der Waals surface area contributed by atoms with E-state index in [-0.39, 0.29) is 0 Å². The zero-order valence-corrected chi connectivity index (χ0v) is 12.2. The first-order valence-corrected chi connectivity index (χ1v) is 7.41. The number of nitrogens with zero attached hydrogens (tertiary/aromatic N) is 1. The number of piperidine rings is 1. The lowest BCUT2D eigenvalue weighted by molar-refractivity contribution is -0.117. The van der Waals surface area contributed by atoms with Gasteiger partial charge in [0.05, 0.1) is 0 Å². The Morgan fingerprint density at radius 3 is 2.42 bits per heavy atom. The van der Waals surface area contributed by atoms with E-state index in [4.69, 9.17) is 0 Å². The van der Waals surface area contributed by atoms with Gasteiger partial charge in [0.25, 0.3) is 0 Å². The van der Waals surface area contributed by atoms with Crippen molar-refractivity contribution in [2.24, 2.45) is 5.92 Å². The number of rotatable bonds is 5. The molecule has 0 aromatic heterocycles. The molecule has 0 N–H and O–H groups in total. The highest BCUT2D eigenvalue weighted by Gasteiger charge is 2.19. The van der Waals surface area contributed by atoms with Crippen molar-refractivity contribution in [1.29, 1.82) is 0 Å². The van der Waals surface area contributed by atoms with Gasteiger partial charge in [-0.25, -0.2) is 0 Å². The Labute approximate surface area is 116 Å². The summed E-state index contributed by atoms with van der Waals surface area (Å²) in [6.07, 6.45) is 4.36. The van der Waals surface area contributed by atoms with Crippen LogP contribution in [0.4, 0.5) is 0 Å². The Balaban J connectivity index is 1.74. The van der Waals surface area contributed by atoms with Crippen LogP contribution in [0.15, 0.2) is 24.3 Å².